The van der Waals surface area contributed by atoms with E-state index in [0.29, 0.717) is 6.04 Å². The molecule has 0 spiro atoms. The van der Waals surface area contributed by atoms with Gasteiger partial charge in [-0.1, -0.05) is 12.2 Å². The van der Waals surface area contributed by atoms with Gasteiger partial charge in [0.1, 0.15) is 0 Å². The molecule has 0 aromatic rings. The van der Waals surface area contributed by atoms with E-state index in [0.717, 1.165) is 18.8 Å². The average molecular weight is 199 g/mol. The van der Waals surface area contributed by atoms with Crippen LogP contribution in [0.2, 0.25) is 0 Å². The quantitative estimate of drug-likeness (QED) is 0.597. The molecule has 0 rings (SSSR count). The minimum absolute atomic E-state index is 0. The van der Waals surface area contributed by atoms with Gasteiger partial charge in [-0.25, -0.2) is 0 Å². The molecule has 0 aromatic carbocycles. The maximum atomic E-state index is 3.78. The van der Waals surface area contributed by atoms with Gasteiger partial charge in [-0.05, 0) is 39.0 Å². The molecule has 0 fully saturated rings. The molecule has 0 saturated heterocycles. The summed E-state index contributed by atoms with van der Waals surface area (Å²) in [7, 11) is 0. The maximum absolute atomic E-state index is 3.78. The molecule has 0 atom stereocenters. The Bertz CT molecular complexity index is 133. The molecule has 14 heavy (non-hydrogen) atoms. The smallest absolute Gasteiger partial charge is 0.0802 e. The van der Waals surface area contributed by atoms with Crippen LogP contribution in [0.5, 0.6) is 0 Å². The van der Waals surface area contributed by atoms with E-state index in [-0.39, 0.29) is 5.48 Å². The monoisotopic (exact) mass is 199 g/mol. The fraction of sp³-hybridized carbons (Fsp3) is 0.667. The normalized spacial score (nSPS) is 10.0. The predicted molar refractivity (Wildman–Crippen MR) is 61.6 cm³/mol. The van der Waals surface area contributed by atoms with Gasteiger partial charge in [-0.15, -0.1) is 13.2 Å². The van der Waals surface area contributed by atoms with E-state index in [4.69, 9.17) is 0 Å². The van der Waals surface area contributed by atoms with E-state index in [2.05, 4.69) is 32.3 Å². The van der Waals surface area contributed by atoms with Crippen LogP contribution in [0.1, 0.15) is 33.1 Å². The molecule has 0 aliphatic heterocycles. The molecular formula is C12H25NO. The van der Waals surface area contributed by atoms with Crippen molar-refractivity contribution in [3.63, 3.8) is 0 Å². The number of hydrogen-bond donors (Lipinski definition) is 1. The first-order chi connectivity index (χ1) is 6.20. The van der Waals surface area contributed by atoms with E-state index in [1.807, 2.05) is 12.2 Å². The first-order valence-electron chi connectivity index (χ1n) is 5.25. The van der Waals surface area contributed by atoms with Gasteiger partial charge in [0.05, 0.1) is 12.6 Å². The summed E-state index contributed by atoms with van der Waals surface area (Å²) in [6.07, 6.45) is 7.55. The van der Waals surface area contributed by atoms with Crippen LogP contribution < -0.4 is 5.32 Å². The van der Waals surface area contributed by atoms with E-state index in [1.54, 1.807) is 0 Å². The summed E-state index contributed by atoms with van der Waals surface area (Å²) in [5.74, 6) is 0.755. The van der Waals surface area contributed by atoms with Crippen LogP contribution in [0.15, 0.2) is 25.3 Å². The van der Waals surface area contributed by atoms with Gasteiger partial charge in [0.2, 0.25) is 0 Å². The van der Waals surface area contributed by atoms with Crippen molar-refractivity contribution in [1.82, 2.24) is 0 Å². The number of hydrogen-bond acceptors (Lipinski definition) is 1. The first kappa shape index (κ1) is 15.9. The predicted octanol–water partition coefficient (Wildman–Crippen LogP) is 1.94. The van der Waals surface area contributed by atoms with Crippen LogP contribution in [-0.2, 0) is 0 Å². The summed E-state index contributed by atoms with van der Waals surface area (Å²) in [6.45, 7) is 13.3. The van der Waals surface area contributed by atoms with Crippen molar-refractivity contribution in [2.45, 2.75) is 39.2 Å². The van der Waals surface area contributed by atoms with E-state index in [9.17, 15) is 0 Å². The molecule has 0 aromatic heterocycles. The van der Waals surface area contributed by atoms with Gasteiger partial charge in [0.15, 0.2) is 0 Å². The van der Waals surface area contributed by atoms with Crippen LogP contribution in [0, 0.1) is 5.92 Å². The minimum atomic E-state index is 0. The molecule has 3 N–H and O–H groups in total. The Hall–Kier alpha value is -0.600. The average Bonchev–Trinajstić information content (AvgIpc) is 2.04. The molecule has 0 saturated carbocycles. The Morgan fingerprint density at radius 1 is 1.14 bits per heavy atom. The van der Waals surface area contributed by atoms with Gasteiger partial charge in [-0.3, -0.25) is 0 Å². The van der Waals surface area contributed by atoms with Crippen molar-refractivity contribution in [2.24, 2.45) is 5.92 Å². The van der Waals surface area contributed by atoms with E-state index in [1.165, 1.54) is 13.0 Å². The highest BCUT2D eigenvalue weighted by Gasteiger charge is 2.06. The zero-order valence-corrected chi connectivity index (χ0v) is 9.58. The fourth-order valence-electron chi connectivity index (χ4n) is 1.47. The largest absolute Gasteiger partial charge is 0.870 e. The molecule has 0 amide bonds. The summed E-state index contributed by atoms with van der Waals surface area (Å²) in [5.41, 5.74) is 0. The number of nitrogens with two attached hydrogens (primary N) is 1. The third-order valence-electron chi connectivity index (χ3n) is 2.21. The van der Waals surface area contributed by atoms with Gasteiger partial charge in [0, 0.05) is 0 Å². The molecular weight excluding hydrogens is 174 g/mol. The molecule has 0 aliphatic rings. The SMILES string of the molecule is C=CCC(CC=C)CC[NH2+]C(C)C.[OH-]. The fourth-order valence-corrected chi connectivity index (χ4v) is 1.47. The van der Waals surface area contributed by atoms with Crippen LogP contribution >= 0.6 is 0 Å². The van der Waals surface area contributed by atoms with Crippen molar-refractivity contribution in [3.05, 3.63) is 25.3 Å². The second-order valence-electron chi connectivity index (χ2n) is 3.97. The molecule has 2 heteroatoms. The highest BCUT2D eigenvalue weighted by Crippen LogP contribution is 2.12. The van der Waals surface area contributed by atoms with Crippen molar-refractivity contribution < 1.29 is 10.8 Å². The standard InChI is InChI=1S/C12H23N.H2O/c1-5-7-12(8-6-2)9-10-13-11(3)4;/h5-6,11-13H,1-2,7-10H2,3-4H3;1H2. The zero-order valence-electron chi connectivity index (χ0n) is 9.58. The molecule has 0 heterocycles. The van der Waals surface area contributed by atoms with Crippen molar-refractivity contribution in [2.75, 3.05) is 6.54 Å². The maximum Gasteiger partial charge on any atom is 0.0802 e. The second-order valence-corrected chi connectivity index (χ2v) is 3.97. The van der Waals surface area contributed by atoms with Gasteiger partial charge in [0.25, 0.3) is 0 Å². The topological polar surface area (TPSA) is 46.6 Å². The minimum Gasteiger partial charge on any atom is -0.870 e. The Morgan fingerprint density at radius 3 is 2.00 bits per heavy atom. The Morgan fingerprint density at radius 2 is 1.64 bits per heavy atom. The van der Waals surface area contributed by atoms with Crippen molar-refractivity contribution >= 4 is 0 Å². The van der Waals surface area contributed by atoms with Gasteiger partial charge in [-0.2, -0.15) is 0 Å². The van der Waals surface area contributed by atoms with Crippen molar-refractivity contribution in [1.29, 1.82) is 0 Å². The molecule has 0 unspecified atom stereocenters. The number of allylic oxidation sites excluding steroid dienone is 2. The summed E-state index contributed by atoms with van der Waals surface area (Å²) in [4.78, 5) is 0. The summed E-state index contributed by atoms with van der Waals surface area (Å²) in [6, 6.07) is 0.716. The number of quaternary nitrogens is 1. The molecule has 0 aliphatic carbocycles. The number of rotatable bonds is 8. The first-order valence-corrected chi connectivity index (χ1v) is 5.25. The third-order valence-corrected chi connectivity index (χ3v) is 2.21. The Balaban J connectivity index is 0. The Kier molecular flexibility index (Phi) is 11.9. The van der Waals surface area contributed by atoms with E-state index < -0.39 is 0 Å². The molecule has 0 radical (unpaired) electrons. The molecule has 2 nitrogen and oxygen atoms in total. The summed E-state index contributed by atoms with van der Waals surface area (Å²) < 4.78 is 0. The van der Waals surface area contributed by atoms with Gasteiger partial charge >= 0.3 is 0 Å². The lowest BCUT2D eigenvalue weighted by molar-refractivity contribution is -0.683. The van der Waals surface area contributed by atoms with E-state index >= 15 is 0 Å². The van der Waals surface area contributed by atoms with Crippen molar-refractivity contribution in [3.8, 4) is 0 Å². The zero-order chi connectivity index (χ0) is 10.1. The van der Waals surface area contributed by atoms with Crippen LogP contribution in [-0.4, -0.2) is 18.1 Å². The lowest BCUT2D eigenvalue weighted by Gasteiger charge is -2.12. The molecule has 84 valence electrons. The lowest BCUT2D eigenvalue weighted by Crippen LogP contribution is -2.88. The highest BCUT2D eigenvalue weighted by atomic mass is 16.0. The molecule has 0 bridgehead atoms. The van der Waals surface area contributed by atoms with Crippen LogP contribution in [0.3, 0.4) is 0 Å². The summed E-state index contributed by atoms with van der Waals surface area (Å²) in [5, 5.41) is 2.39. The Labute approximate surface area is 88.4 Å². The van der Waals surface area contributed by atoms with Crippen LogP contribution in [0.4, 0.5) is 0 Å². The lowest BCUT2D eigenvalue weighted by atomic mass is 9.97. The third kappa shape index (κ3) is 9.49. The second kappa shape index (κ2) is 10.5. The van der Waals surface area contributed by atoms with Gasteiger partial charge < -0.3 is 10.8 Å². The summed E-state index contributed by atoms with van der Waals surface area (Å²) >= 11 is 0. The highest BCUT2D eigenvalue weighted by molar-refractivity contribution is 4.79. The van der Waals surface area contributed by atoms with Crippen LogP contribution in [0.25, 0.3) is 0 Å².